The normalized spacial score (nSPS) is 10.9. The molecule has 0 saturated heterocycles. The summed E-state index contributed by atoms with van der Waals surface area (Å²) in [5, 5.41) is 7.95. The number of hydrogen-bond acceptors (Lipinski definition) is 6. The first-order valence-corrected chi connectivity index (χ1v) is 9.52. The van der Waals surface area contributed by atoms with Crippen molar-refractivity contribution in [3.63, 3.8) is 0 Å². The molecule has 1 amide bonds. The van der Waals surface area contributed by atoms with Gasteiger partial charge in [-0.25, -0.2) is 9.50 Å². The van der Waals surface area contributed by atoms with Gasteiger partial charge in [0.25, 0.3) is 5.78 Å². The highest BCUT2D eigenvalue weighted by Gasteiger charge is 2.15. The van der Waals surface area contributed by atoms with Crippen LogP contribution in [0.1, 0.15) is 17.0 Å². The Morgan fingerprint density at radius 1 is 1.23 bits per heavy atom. The highest BCUT2D eigenvalue weighted by Crippen LogP contribution is 2.17. The van der Waals surface area contributed by atoms with Gasteiger partial charge in [0.2, 0.25) is 11.1 Å². The van der Waals surface area contributed by atoms with Crippen LogP contribution in [0, 0.1) is 13.8 Å². The number of ether oxygens (including phenoxy) is 1. The van der Waals surface area contributed by atoms with Crippen molar-refractivity contribution in [1.82, 2.24) is 24.9 Å². The van der Waals surface area contributed by atoms with Gasteiger partial charge >= 0.3 is 0 Å². The van der Waals surface area contributed by atoms with E-state index in [1.165, 1.54) is 11.8 Å². The summed E-state index contributed by atoms with van der Waals surface area (Å²) in [5.74, 6) is 1.28. The zero-order chi connectivity index (χ0) is 18.5. The average Bonchev–Trinajstić information content (AvgIpc) is 3.06. The Labute approximate surface area is 156 Å². The van der Waals surface area contributed by atoms with Gasteiger partial charge in [0.1, 0.15) is 12.4 Å². The summed E-state index contributed by atoms with van der Waals surface area (Å²) in [4.78, 5) is 21.1. The summed E-state index contributed by atoms with van der Waals surface area (Å²) < 4.78 is 7.27. The first-order valence-electron chi connectivity index (χ1n) is 8.30. The third-order valence-corrected chi connectivity index (χ3v) is 4.52. The Balaban J connectivity index is 1.60. The molecule has 26 heavy (non-hydrogen) atoms. The first kappa shape index (κ1) is 18.2. The predicted octanol–water partition coefficient (Wildman–Crippen LogP) is 2.20. The zero-order valence-electron chi connectivity index (χ0n) is 15.0. The van der Waals surface area contributed by atoms with Crippen LogP contribution in [0.4, 0.5) is 0 Å². The van der Waals surface area contributed by atoms with Gasteiger partial charge in [-0.15, -0.1) is 5.10 Å². The molecule has 7 nitrogen and oxygen atoms in total. The summed E-state index contributed by atoms with van der Waals surface area (Å²) >= 11 is 1.46. The number of aryl methyl sites for hydroxylation is 2. The van der Waals surface area contributed by atoms with Gasteiger partial charge in [0.15, 0.2) is 0 Å². The zero-order valence-corrected chi connectivity index (χ0v) is 15.8. The van der Waals surface area contributed by atoms with E-state index in [0.717, 1.165) is 22.7 Å². The van der Waals surface area contributed by atoms with Gasteiger partial charge in [0.05, 0.1) is 13.0 Å². The summed E-state index contributed by atoms with van der Waals surface area (Å²) in [5.41, 5.74) is 2.55. The van der Waals surface area contributed by atoms with Gasteiger partial charge in [-0.05, 0) is 32.2 Å². The largest absolute Gasteiger partial charge is 0.492 e. The Morgan fingerprint density at radius 2 is 2.00 bits per heavy atom. The van der Waals surface area contributed by atoms with Crippen LogP contribution in [0.5, 0.6) is 5.75 Å². The number of thioether (sulfide) groups is 1. The smallest absolute Gasteiger partial charge is 0.253 e. The molecule has 0 spiro atoms. The van der Waals surface area contributed by atoms with Crippen molar-refractivity contribution < 1.29 is 9.53 Å². The SMILES string of the molecule is CSc1nc2nc(C)c(CC(=O)NCCOc3ccccc3)c(C)n2n1. The number of hydrogen-bond donors (Lipinski definition) is 1. The van der Waals surface area contributed by atoms with Gasteiger partial charge < -0.3 is 10.1 Å². The van der Waals surface area contributed by atoms with E-state index in [9.17, 15) is 4.79 Å². The number of nitrogens with zero attached hydrogens (tertiary/aromatic N) is 4. The molecule has 136 valence electrons. The molecule has 2 heterocycles. The van der Waals surface area contributed by atoms with Crippen LogP contribution in [0.2, 0.25) is 0 Å². The minimum Gasteiger partial charge on any atom is -0.492 e. The Hall–Kier alpha value is -2.61. The molecule has 3 aromatic rings. The molecule has 0 atom stereocenters. The predicted molar refractivity (Wildman–Crippen MR) is 101 cm³/mol. The molecule has 0 bridgehead atoms. The lowest BCUT2D eigenvalue weighted by Gasteiger charge is -2.11. The molecule has 0 aliphatic carbocycles. The van der Waals surface area contributed by atoms with E-state index in [2.05, 4.69) is 20.4 Å². The molecule has 0 radical (unpaired) electrons. The van der Waals surface area contributed by atoms with Crippen molar-refractivity contribution in [2.45, 2.75) is 25.4 Å². The Kier molecular flexibility index (Phi) is 5.72. The number of carbonyl (C=O) groups excluding carboxylic acids is 1. The summed E-state index contributed by atoms with van der Waals surface area (Å²) in [6, 6.07) is 9.53. The molecule has 0 aliphatic heterocycles. The van der Waals surface area contributed by atoms with Gasteiger partial charge in [-0.3, -0.25) is 4.79 Å². The molecule has 0 aliphatic rings. The molecule has 8 heteroatoms. The molecule has 2 aromatic heterocycles. The molecule has 3 rings (SSSR count). The number of nitrogens with one attached hydrogen (secondary N) is 1. The standard InChI is InChI=1S/C18H21N5O2S/c1-12-15(13(2)23-17(20-12)21-18(22-23)26-3)11-16(24)19-9-10-25-14-7-5-4-6-8-14/h4-8H,9-11H2,1-3H3,(H,19,24). The number of aromatic nitrogens is 4. The van der Waals surface area contributed by atoms with Crippen molar-refractivity contribution in [1.29, 1.82) is 0 Å². The van der Waals surface area contributed by atoms with E-state index in [1.54, 1.807) is 4.52 Å². The highest BCUT2D eigenvalue weighted by atomic mass is 32.2. The lowest BCUT2D eigenvalue weighted by atomic mass is 10.1. The van der Waals surface area contributed by atoms with Crippen molar-refractivity contribution >= 4 is 23.4 Å². The molecule has 1 aromatic carbocycles. The minimum atomic E-state index is -0.0702. The number of amides is 1. The quantitative estimate of drug-likeness (QED) is 0.506. The average molecular weight is 371 g/mol. The fourth-order valence-electron chi connectivity index (χ4n) is 2.63. The summed E-state index contributed by atoms with van der Waals surface area (Å²) in [7, 11) is 0. The topological polar surface area (TPSA) is 81.4 Å². The molecule has 0 unspecified atom stereocenters. The maximum atomic E-state index is 12.3. The number of fused-ring (bicyclic) bond motifs is 1. The van der Waals surface area contributed by atoms with Crippen molar-refractivity contribution in [3.8, 4) is 5.75 Å². The second-order valence-corrected chi connectivity index (χ2v) is 6.53. The van der Waals surface area contributed by atoms with Gasteiger partial charge in [-0.2, -0.15) is 4.98 Å². The second kappa shape index (κ2) is 8.18. The first-order chi connectivity index (χ1) is 12.6. The monoisotopic (exact) mass is 371 g/mol. The van der Waals surface area contributed by atoms with Crippen LogP contribution >= 0.6 is 11.8 Å². The third kappa shape index (κ3) is 4.13. The van der Waals surface area contributed by atoms with Crippen LogP contribution in [0.25, 0.3) is 5.78 Å². The second-order valence-electron chi connectivity index (χ2n) is 5.76. The van der Waals surface area contributed by atoms with E-state index in [-0.39, 0.29) is 12.3 Å². The molecule has 0 fully saturated rings. The lowest BCUT2D eigenvalue weighted by molar-refractivity contribution is -0.120. The fourth-order valence-corrected chi connectivity index (χ4v) is 2.97. The third-order valence-electron chi connectivity index (χ3n) is 3.99. The van der Waals surface area contributed by atoms with E-state index in [0.29, 0.717) is 24.1 Å². The van der Waals surface area contributed by atoms with E-state index < -0.39 is 0 Å². The minimum absolute atomic E-state index is 0.0702. The number of carbonyl (C=O) groups is 1. The van der Waals surface area contributed by atoms with Crippen molar-refractivity contribution in [3.05, 3.63) is 47.3 Å². The Bertz CT molecular complexity index is 911. The van der Waals surface area contributed by atoms with Crippen LogP contribution < -0.4 is 10.1 Å². The van der Waals surface area contributed by atoms with Crippen LogP contribution in [-0.4, -0.2) is 44.9 Å². The van der Waals surface area contributed by atoms with Gasteiger partial charge in [-0.1, -0.05) is 30.0 Å². The van der Waals surface area contributed by atoms with Crippen LogP contribution in [0.15, 0.2) is 35.5 Å². The number of para-hydroxylation sites is 1. The van der Waals surface area contributed by atoms with Crippen LogP contribution in [-0.2, 0) is 11.2 Å². The van der Waals surface area contributed by atoms with Crippen LogP contribution in [0.3, 0.4) is 0 Å². The molecule has 0 saturated carbocycles. The maximum Gasteiger partial charge on any atom is 0.253 e. The molecule has 1 N–H and O–H groups in total. The summed E-state index contributed by atoms with van der Waals surface area (Å²) in [6.07, 6.45) is 2.17. The maximum absolute atomic E-state index is 12.3. The molecular formula is C18H21N5O2S. The number of rotatable bonds is 7. The molecular weight excluding hydrogens is 350 g/mol. The lowest BCUT2D eigenvalue weighted by Crippen LogP contribution is -2.30. The van der Waals surface area contributed by atoms with Crippen molar-refractivity contribution in [2.24, 2.45) is 0 Å². The Morgan fingerprint density at radius 3 is 2.73 bits per heavy atom. The summed E-state index contributed by atoms with van der Waals surface area (Å²) in [6.45, 7) is 4.69. The van der Waals surface area contributed by atoms with E-state index in [1.807, 2.05) is 50.4 Å². The van der Waals surface area contributed by atoms with E-state index >= 15 is 0 Å². The van der Waals surface area contributed by atoms with Crippen molar-refractivity contribution in [2.75, 3.05) is 19.4 Å². The highest BCUT2D eigenvalue weighted by molar-refractivity contribution is 7.98. The fraction of sp³-hybridized carbons (Fsp3) is 0.333. The number of benzene rings is 1. The van der Waals surface area contributed by atoms with E-state index in [4.69, 9.17) is 4.74 Å². The van der Waals surface area contributed by atoms with Gasteiger partial charge in [0, 0.05) is 17.0 Å².